The number of phenolic OH excluding ortho intramolecular Hbond substituents is 1. The number of primary sulfonamides is 1. The van der Waals surface area contributed by atoms with Gasteiger partial charge < -0.3 is 10.2 Å². The van der Waals surface area contributed by atoms with Gasteiger partial charge in [-0.2, -0.15) is 5.10 Å². The Bertz CT molecular complexity index is 962. The van der Waals surface area contributed by atoms with E-state index in [1.165, 1.54) is 12.1 Å². The standard InChI is InChI=1S/C16H15N3O4S/c17-24(22,23)15-7-3-13(4-8-15)19-16(9-12(10-20)18-19)11-1-5-14(21)6-2-11/h1-9,20-21H,10H2,(H2,17,22,23). The van der Waals surface area contributed by atoms with Gasteiger partial charge in [-0.25, -0.2) is 18.2 Å². The van der Waals surface area contributed by atoms with E-state index < -0.39 is 10.0 Å². The van der Waals surface area contributed by atoms with Gasteiger partial charge in [-0.1, -0.05) is 0 Å². The van der Waals surface area contributed by atoms with E-state index >= 15 is 0 Å². The normalized spacial score (nSPS) is 11.6. The number of sulfonamides is 1. The maximum atomic E-state index is 11.4. The summed E-state index contributed by atoms with van der Waals surface area (Å²) < 4.78 is 24.3. The van der Waals surface area contributed by atoms with Gasteiger partial charge in [0.1, 0.15) is 5.75 Å². The van der Waals surface area contributed by atoms with E-state index in [2.05, 4.69) is 5.10 Å². The molecule has 124 valence electrons. The first-order valence-electron chi connectivity index (χ1n) is 7.01. The van der Waals surface area contributed by atoms with Gasteiger partial charge in [0.05, 0.1) is 28.6 Å². The van der Waals surface area contributed by atoms with Crippen LogP contribution in [0.1, 0.15) is 5.69 Å². The number of aliphatic hydroxyl groups excluding tert-OH is 1. The number of aromatic nitrogens is 2. The second-order valence-electron chi connectivity index (χ2n) is 5.18. The number of benzene rings is 2. The molecule has 0 spiro atoms. The van der Waals surface area contributed by atoms with Crippen molar-refractivity contribution in [2.75, 3.05) is 0 Å². The smallest absolute Gasteiger partial charge is 0.238 e. The van der Waals surface area contributed by atoms with Crippen LogP contribution in [0.2, 0.25) is 0 Å². The molecule has 1 heterocycles. The lowest BCUT2D eigenvalue weighted by Crippen LogP contribution is -2.12. The molecule has 8 heteroatoms. The summed E-state index contributed by atoms with van der Waals surface area (Å²) in [5.74, 6) is 0.143. The zero-order chi connectivity index (χ0) is 17.3. The molecule has 0 fully saturated rings. The molecule has 0 bridgehead atoms. The molecule has 0 aliphatic rings. The number of aliphatic hydroxyl groups is 1. The highest BCUT2D eigenvalue weighted by molar-refractivity contribution is 7.89. The molecule has 3 rings (SSSR count). The van der Waals surface area contributed by atoms with E-state index in [0.717, 1.165) is 5.56 Å². The number of phenols is 1. The Labute approximate surface area is 138 Å². The first-order valence-corrected chi connectivity index (χ1v) is 8.55. The molecule has 4 N–H and O–H groups in total. The third kappa shape index (κ3) is 3.16. The highest BCUT2D eigenvalue weighted by Gasteiger charge is 2.13. The molecule has 24 heavy (non-hydrogen) atoms. The van der Waals surface area contributed by atoms with E-state index in [9.17, 15) is 18.6 Å². The summed E-state index contributed by atoms with van der Waals surface area (Å²) in [7, 11) is -3.77. The van der Waals surface area contributed by atoms with Crippen LogP contribution in [-0.2, 0) is 16.6 Å². The Morgan fingerprint density at radius 2 is 1.67 bits per heavy atom. The number of nitrogens with zero attached hydrogens (tertiary/aromatic N) is 2. The molecular weight excluding hydrogens is 330 g/mol. The van der Waals surface area contributed by atoms with Crippen LogP contribution in [0.5, 0.6) is 5.75 Å². The van der Waals surface area contributed by atoms with E-state index in [0.29, 0.717) is 17.1 Å². The summed E-state index contributed by atoms with van der Waals surface area (Å²) in [6.45, 7) is -0.229. The van der Waals surface area contributed by atoms with Crippen LogP contribution in [0, 0.1) is 0 Å². The fourth-order valence-corrected chi connectivity index (χ4v) is 2.83. The zero-order valence-electron chi connectivity index (χ0n) is 12.5. The molecule has 0 aliphatic carbocycles. The molecule has 0 radical (unpaired) electrons. The Kier molecular flexibility index (Phi) is 4.10. The average molecular weight is 345 g/mol. The van der Waals surface area contributed by atoms with Gasteiger partial charge in [0.15, 0.2) is 0 Å². The van der Waals surface area contributed by atoms with Crippen LogP contribution in [0.15, 0.2) is 59.5 Å². The van der Waals surface area contributed by atoms with Crippen LogP contribution in [0.3, 0.4) is 0 Å². The summed E-state index contributed by atoms with van der Waals surface area (Å²) in [4.78, 5) is 0.00645. The number of aromatic hydroxyl groups is 1. The summed E-state index contributed by atoms with van der Waals surface area (Å²) >= 11 is 0. The molecule has 0 atom stereocenters. The maximum absolute atomic E-state index is 11.4. The molecule has 7 nitrogen and oxygen atoms in total. The van der Waals surface area contributed by atoms with E-state index in [1.807, 2.05) is 0 Å². The van der Waals surface area contributed by atoms with Crippen molar-refractivity contribution in [2.24, 2.45) is 5.14 Å². The predicted molar refractivity (Wildman–Crippen MR) is 88.0 cm³/mol. The van der Waals surface area contributed by atoms with Gasteiger partial charge in [0, 0.05) is 5.56 Å². The summed E-state index contributed by atoms with van der Waals surface area (Å²) in [6, 6.07) is 14.2. The van der Waals surface area contributed by atoms with Crippen LogP contribution in [-0.4, -0.2) is 28.4 Å². The highest BCUT2D eigenvalue weighted by Crippen LogP contribution is 2.26. The zero-order valence-corrected chi connectivity index (χ0v) is 13.3. The van der Waals surface area contributed by atoms with Crippen LogP contribution < -0.4 is 5.14 Å². The van der Waals surface area contributed by atoms with Crippen molar-refractivity contribution in [1.82, 2.24) is 9.78 Å². The molecule has 0 saturated heterocycles. The predicted octanol–water partition coefficient (Wildman–Crippen LogP) is 1.38. The monoisotopic (exact) mass is 345 g/mol. The molecule has 0 saturated carbocycles. The van der Waals surface area contributed by atoms with Gasteiger partial charge in [0.25, 0.3) is 0 Å². The van der Waals surface area contributed by atoms with Crippen molar-refractivity contribution in [1.29, 1.82) is 0 Å². The third-order valence-electron chi connectivity index (χ3n) is 3.49. The van der Waals surface area contributed by atoms with Gasteiger partial charge in [-0.3, -0.25) is 0 Å². The van der Waals surface area contributed by atoms with Crippen LogP contribution in [0.4, 0.5) is 0 Å². The highest BCUT2D eigenvalue weighted by atomic mass is 32.2. The number of rotatable bonds is 4. The van der Waals surface area contributed by atoms with Crippen molar-refractivity contribution in [2.45, 2.75) is 11.5 Å². The fourth-order valence-electron chi connectivity index (χ4n) is 2.32. The first-order chi connectivity index (χ1) is 11.4. The second-order valence-corrected chi connectivity index (χ2v) is 6.74. The Balaban J connectivity index is 2.10. The van der Waals surface area contributed by atoms with Gasteiger partial charge in [-0.05, 0) is 54.6 Å². The lowest BCUT2D eigenvalue weighted by molar-refractivity contribution is 0.276. The van der Waals surface area contributed by atoms with E-state index in [1.54, 1.807) is 47.1 Å². The van der Waals surface area contributed by atoms with Crippen molar-refractivity contribution in [3.05, 3.63) is 60.3 Å². The number of nitrogens with two attached hydrogens (primary N) is 1. The number of hydrogen-bond donors (Lipinski definition) is 3. The third-order valence-corrected chi connectivity index (χ3v) is 4.42. The summed E-state index contributed by atoms with van der Waals surface area (Å²) in [5.41, 5.74) is 2.57. The van der Waals surface area contributed by atoms with Crippen LogP contribution in [0.25, 0.3) is 16.9 Å². The first kappa shape index (κ1) is 16.2. The minimum atomic E-state index is -3.77. The van der Waals surface area contributed by atoms with Gasteiger partial charge in [0.2, 0.25) is 10.0 Å². The summed E-state index contributed by atoms with van der Waals surface area (Å²) in [6.07, 6.45) is 0. The second kappa shape index (κ2) is 6.08. The Morgan fingerprint density at radius 3 is 2.21 bits per heavy atom. The van der Waals surface area contributed by atoms with Gasteiger partial charge in [-0.15, -0.1) is 0 Å². The molecule has 0 aliphatic heterocycles. The summed E-state index contributed by atoms with van der Waals surface area (Å²) in [5, 5.41) is 28.2. The lowest BCUT2D eigenvalue weighted by atomic mass is 10.1. The molecule has 1 aromatic heterocycles. The Morgan fingerprint density at radius 1 is 1.04 bits per heavy atom. The molecule has 2 aromatic carbocycles. The lowest BCUT2D eigenvalue weighted by Gasteiger charge is -2.08. The van der Waals surface area contributed by atoms with E-state index in [-0.39, 0.29) is 17.3 Å². The molecule has 0 unspecified atom stereocenters. The van der Waals surface area contributed by atoms with Crippen molar-refractivity contribution < 1.29 is 18.6 Å². The minimum absolute atomic E-state index is 0.00645. The maximum Gasteiger partial charge on any atom is 0.238 e. The molecule has 3 aromatic rings. The quantitative estimate of drug-likeness (QED) is 0.660. The minimum Gasteiger partial charge on any atom is -0.508 e. The molecule has 0 amide bonds. The largest absolute Gasteiger partial charge is 0.508 e. The molecular formula is C16H15N3O4S. The van der Waals surface area contributed by atoms with E-state index in [4.69, 9.17) is 5.14 Å². The van der Waals surface area contributed by atoms with Gasteiger partial charge >= 0.3 is 0 Å². The van der Waals surface area contributed by atoms with Crippen LogP contribution >= 0.6 is 0 Å². The van der Waals surface area contributed by atoms with Crippen molar-refractivity contribution in [3.8, 4) is 22.7 Å². The SMILES string of the molecule is NS(=O)(=O)c1ccc(-n2nc(CO)cc2-c2ccc(O)cc2)cc1. The average Bonchev–Trinajstić information content (AvgIpc) is 2.99. The van der Waals surface area contributed by atoms with Crippen molar-refractivity contribution in [3.63, 3.8) is 0 Å². The fraction of sp³-hybridized carbons (Fsp3) is 0.0625. The Hall–Kier alpha value is -2.68. The van der Waals surface area contributed by atoms with Crippen molar-refractivity contribution >= 4 is 10.0 Å². The number of hydrogen-bond acceptors (Lipinski definition) is 5. The topological polar surface area (TPSA) is 118 Å².